The lowest BCUT2D eigenvalue weighted by Crippen LogP contribution is -2.27. The van der Waals surface area contributed by atoms with Gasteiger partial charge in [-0.2, -0.15) is 0 Å². The number of rotatable bonds is 0. The lowest BCUT2D eigenvalue weighted by atomic mass is 9.96. The van der Waals surface area contributed by atoms with Gasteiger partial charge in [0.2, 0.25) is 0 Å². The summed E-state index contributed by atoms with van der Waals surface area (Å²) >= 11 is 0. The van der Waals surface area contributed by atoms with Crippen LogP contribution < -0.4 is 5.73 Å². The van der Waals surface area contributed by atoms with Crippen molar-refractivity contribution >= 4 is 0 Å². The Morgan fingerprint density at radius 2 is 2.10 bits per heavy atom. The maximum atomic E-state index is 5.92. The molecule has 10 heavy (non-hydrogen) atoms. The molecule has 2 N–H and O–H groups in total. The van der Waals surface area contributed by atoms with Crippen LogP contribution in [0.25, 0.3) is 0 Å². The maximum absolute atomic E-state index is 5.92. The zero-order valence-electron chi connectivity index (χ0n) is 6.88. The molecule has 0 aromatic carbocycles. The highest BCUT2D eigenvalue weighted by atomic mass is 14.6. The monoisotopic (exact) mass is 139 g/mol. The maximum Gasteiger partial charge on any atom is 0.0102 e. The van der Waals surface area contributed by atoms with E-state index in [2.05, 4.69) is 26.0 Å². The Bertz CT molecular complexity index is 129. The predicted molar refractivity (Wildman–Crippen MR) is 44.7 cm³/mol. The Kier molecular flexibility index (Phi) is 2.50. The molecule has 3 atom stereocenters. The molecule has 0 amide bonds. The van der Waals surface area contributed by atoms with E-state index in [0.717, 1.165) is 5.92 Å². The minimum Gasteiger partial charge on any atom is -0.327 e. The van der Waals surface area contributed by atoms with Gasteiger partial charge in [0, 0.05) is 6.04 Å². The van der Waals surface area contributed by atoms with Crippen molar-refractivity contribution in [1.29, 1.82) is 0 Å². The minimum atomic E-state index is 0.383. The van der Waals surface area contributed by atoms with Crippen LogP contribution in [0, 0.1) is 11.8 Å². The summed E-state index contributed by atoms with van der Waals surface area (Å²) in [5.41, 5.74) is 5.92. The Morgan fingerprint density at radius 3 is 2.80 bits per heavy atom. The number of allylic oxidation sites excluding steroid dienone is 1. The predicted octanol–water partition coefficient (Wildman–Crippen LogP) is 1.94. The summed E-state index contributed by atoms with van der Waals surface area (Å²) in [5.74, 6) is 1.35. The normalized spacial score (nSPS) is 41.3. The highest BCUT2D eigenvalue weighted by molar-refractivity contribution is 4.96. The summed E-state index contributed by atoms with van der Waals surface area (Å²) in [4.78, 5) is 0. The molecular formula is C9H17N. The molecule has 3 unspecified atom stereocenters. The fourth-order valence-corrected chi connectivity index (χ4v) is 1.44. The van der Waals surface area contributed by atoms with Gasteiger partial charge in [0.05, 0.1) is 0 Å². The zero-order valence-corrected chi connectivity index (χ0v) is 6.88. The van der Waals surface area contributed by atoms with Gasteiger partial charge in [-0.05, 0) is 24.7 Å². The lowest BCUT2D eigenvalue weighted by molar-refractivity contribution is 0.429. The zero-order chi connectivity index (χ0) is 7.56. The van der Waals surface area contributed by atoms with E-state index in [1.54, 1.807) is 0 Å². The molecule has 0 bridgehead atoms. The van der Waals surface area contributed by atoms with Crippen LogP contribution in [-0.2, 0) is 0 Å². The van der Waals surface area contributed by atoms with Crippen molar-refractivity contribution in [3.05, 3.63) is 12.2 Å². The van der Waals surface area contributed by atoms with Gasteiger partial charge in [-0.3, -0.25) is 0 Å². The summed E-state index contributed by atoms with van der Waals surface area (Å²) in [6.07, 6.45) is 6.89. The second kappa shape index (κ2) is 3.20. The summed E-state index contributed by atoms with van der Waals surface area (Å²) < 4.78 is 0. The van der Waals surface area contributed by atoms with Gasteiger partial charge >= 0.3 is 0 Å². The first-order valence-electron chi connectivity index (χ1n) is 4.12. The van der Waals surface area contributed by atoms with Gasteiger partial charge in [0.25, 0.3) is 0 Å². The van der Waals surface area contributed by atoms with E-state index in [0.29, 0.717) is 12.0 Å². The van der Waals surface area contributed by atoms with Crippen molar-refractivity contribution in [1.82, 2.24) is 0 Å². The van der Waals surface area contributed by atoms with Crippen molar-refractivity contribution in [2.75, 3.05) is 0 Å². The van der Waals surface area contributed by atoms with Gasteiger partial charge in [-0.1, -0.05) is 26.0 Å². The highest BCUT2D eigenvalue weighted by Gasteiger charge is 2.15. The first kappa shape index (κ1) is 7.80. The summed E-state index contributed by atoms with van der Waals surface area (Å²) in [6.45, 7) is 4.46. The second-order valence-corrected chi connectivity index (χ2v) is 3.53. The minimum absolute atomic E-state index is 0.383. The Morgan fingerprint density at radius 1 is 1.40 bits per heavy atom. The largest absolute Gasteiger partial charge is 0.327 e. The SMILES string of the molecule is CC1CC=CC(C)C(N)C1. The Labute approximate surface area is 63.3 Å². The van der Waals surface area contributed by atoms with Crippen LogP contribution in [0.15, 0.2) is 12.2 Å². The standard InChI is InChI=1S/C9H17N/c1-7-4-3-5-8(2)9(10)6-7/h3,5,7-9H,4,6,10H2,1-2H3. The third kappa shape index (κ3) is 1.84. The molecule has 1 nitrogen and oxygen atoms in total. The van der Waals surface area contributed by atoms with Gasteiger partial charge in [0.1, 0.15) is 0 Å². The highest BCUT2D eigenvalue weighted by Crippen LogP contribution is 2.20. The first-order chi connectivity index (χ1) is 4.70. The van der Waals surface area contributed by atoms with Crippen LogP contribution in [-0.4, -0.2) is 6.04 Å². The van der Waals surface area contributed by atoms with Crippen LogP contribution in [0.5, 0.6) is 0 Å². The van der Waals surface area contributed by atoms with Crippen LogP contribution in [0.4, 0.5) is 0 Å². The number of hydrogen-bond donors (Lipinski definition) is 1. The van der Waals surface area contributed by atoms with E-state index < -0.39 is 0 Å². The molecule has 1 heteroatoms. The quantitative estimate of drug-likeness (QED) is 0.510. The van der Waals surface area contributed by atoms with Crippen molar-refractivity contribution in [2.45, 2.75) is 32.7 Å². The molecule has 1 aliphatic carbocycles. The van der Waals surface area contributed by atoms with Crippen LogP contribution in [0.3, 0.4) is 0 Å². The third-order valence-electron chi connectivity index (χ3n) is 2.33. The number of nitrogens with two attached hydrogens (primary N) is 1. The third-order valence-corrected chi connectivity index (χ3v) is 2.33. The van der Waals surface area contributed by atoms with E-state index in [4.69, 9.17) is 5.73 Å². The molecule has 0 radical (unpaired) electrons. The van der Waals surface area contributed by atoms with Gasteiger partial charge in [-0.25, -0.2) is 0 Å². The Balaban J connectivity index is 2.53. The second-order valence-electron chi connectivity index (χ2n) is 3.53. The van der Waals surface area contributed by atoms with Gasteiger partial charge in [-0.15, -0.1) is 0 Å². The van der Waals surface area contributed by atoms with E-state index in [1.807, 2.05) is 0 Å². The summed E-state index contributed by atoms with van der Waals surface area (Å²) in [6, 6.07) is 0.383. The molecular weight excluding hydrogens is 122 g/mol. The fraction of sp³-hybridized carbons (Fsp3) is 0.778. The van der Waals surface area contributed by atoms with Crippen LogP contribution in [0.1, 0.15) is 26.7 Å². The van der Waals surface area contributed by atoms with E-state index >= 15 is 0 Å². The van der Waals surface area contributed by atoms with Gasteiger partial charge in [0.15, 0.2) is 0 Å². The summed E-state index contributed by atoms with van der Waals surface area (Å²) in [7, 11) is 0. The number of hydrogen-bond acceptors (Lipinski definition) is 1. The average molecular weight is 139 g/mol. The topological polar surface area (TPSA) is 26.0 Å². The molecule has 0 saturated heterocycles. The van der Waals surface area contributed by atoms with Crippen LogP contribution in [0.2, 0.25) is 0 Å². The molecule has 0 aromatic heterocycles. The molecule has 0 aliphatic heterocycles. The molecule has 1 aliphatic rings. The molecule has 0 fully saturated rings. The first-order valence-corrected chi connectivity index (χ1v) is 4.12. The Hall–Kier alpha value is -0.300. The molecule has 0 spiro atoms. The lowest BCUT2D eigenvalue weighted by Gasteiger charge is -2.16. The summed E-state index contributed by atoms with van der Waals surface area (Å²) in [5, 5.41) is 0. The average Bonchev–Trinajstić information content (AvgIpc) is 1.96. The fourth-order valence-electron chi connectivity index (χ4n) is 1.44. The molecule has 1 rings (SSSR count). The van der Waals surface area contributed by atoms with Crippen molar-refractivity contribution in [3.63, 3.8) is 0 Å². The van der Waals surface area contributed by atoms with Crippen molar-refractivity contribution in [2.24, 2.45) is 17.6 Å². The van der Waals surface area contributed by atoms with Crippen LogP contribution >= 0.6 is 0 Å². The van der Waals surface area contributed by atoms with Gasteiger partial charge < -0.3 is 5.73 Å². The van der Waals surface area contributed by atoms with E-state index in [1.165, 1.54) is 12.8 Å². The van der Waals surface area contributed by atoms with Crippen molar-refractivity contribution in [3.8, 4) is 0 Å². The molecule has 0 heterocycles. The van der Waals surface area contributed by atoms with Crippen molar-refractivity contribution < 1.29 is 0 Å². The smallest absolute Gasteiger partial charge is 0.0102 e. The van der Waals surface area contributed by atoms with E-state index in [-0.39, 0.29) is 0 Å². The molecule has 0 aromatic rings. The molecule has 0 saturated carbocycles. The van der Waals surface area contributed by atoms with E-state index in [9.17, 15) is 0 Å². The molecule has 58 valence electrons.